The number of hydrogen-bond donors (Lipinski definition) is 1. The van der Waals surface area contributed by atoms with E-state index in [1.54, 1.807) is 12.1 Å². The van der Waals surface area contributed by atoms with Crippen molar-refractivity contribution in [3.63, 3.8) is 0 Å². The molecule has 0 spiro atoms. The number of nitrogens with one attached hydrogen (secondary N) is 1. The van der Waals surface area contributed by atoms with Crippen LogP contribution in [0.3, 0.4) is 0 Å². The van der Waals surface area contributed by atoms with Gasteiger partial charge in [-0.05, 0) is 55.3 Å². The lowest BCUT2D eigenvalue weighted by Crippen LogP contribution is -2.41. The van der Waals surface area contributed by atoms with Crippen LogP contribution in [-0.4, -0.2) is 41.2 Å². The number of piperidine rings is 1. The Balaban J connectivity index is 1.43. The third-order valence-electron chi connectivity index (χ3n) is 5.56. The van der Waals surface area contributed by atoms with Crippen LogP contribution in [-0.2, 0) is 4.79 Å². The van der Waals surface area contributed by atoms with E-state index < -0.39 is 4.92 Å². The summed E-state index contributed by atoms with van der Waals surface area (Å²) < 4.78 is 18.3. The van der Waals surface area contributed by atoms with Crippen molar-refractivity contribution in [3.8, 4) is 17.0 Å². The average Bonchev–Trinajstić information content (AvgIpc) is 2.85. The molecule has 1 aromatic heterocycles. The average molecular weight is 451 g/mol. The smallest absolute Gasteiger partial charge is 0.273 e. The number of anilines is 2. The van der Waals surface area contributed by atoms with Gasteiger partial charge in [-0.1, -0.05) is 0 Å². The predicted octanol–water partition coefficient (Wildman–Crippen LogP) is 4.05. The Kier molecular flexibility index (Phi) is 6.43. The fourth-order valence-electron chi connectivity index (χ4n) is 3.80. The van der Waals surface area contributed by atoms with Crippen molar-refractivity contribution in [2.24, 2.45) is 5.92 Å². The second-order valence-corrected chi connectivity index (χ2v) is 7.70. The number of rotatable bonds is 6. The van der Waals surface area contributed by atoms with Crippen LogP contribution in [0.5, 0.6) is 5.75 Å². The molecule has 3 aromatic rings. The predicted molar refractivity (Wildman–Crippen MR) is 121 cm³/mol. The van der Waals surface area contributed by atoms with Gasteiger partial charge in [-0.25, -0.2) is 4.39 Å². The maximum absolute atomic E-state index is 13.1. The zero-order valence-electron chi connectivity index (χ0n) is 17.9. The van der Waals surface area contributed by atoms with Gasteiger partial charge in [-0.15, -0.1) is 10.2 Å². The number of hydrogen-bond acceptors (Lipinski definition) is 7. The molecule has 0 saturated carbocycles. The van der Waals surface area contributed by atoms with E-state index >= 15 is 0 Å². The number of benzene rings is 2. The number of carbonyl (C=O) groups is 1. The largest absolute Gasteiger partial charge is 0.494 e. The van der Waals surface area contributed by atoms with Gasteiger partial charge in [-0.2, -0.15) is 0 Å². The molecule has 9 nitrogen and oxygen atoms in total. The summed E-state index contributed by atoms with van der Waals surface area (Å²) in [5.74, 6) is 0.0889. The van der Waals surface area contributed by atoms with E-state index in [4.69, 9.17) is 4.74 Å². The highest BCUT2D eigenvalue weighted by molar-refractivity contribution is 5.94. The summed E-state index contributed by atoms with van der Waals surface area (Å²) in [6.07, 6.45) is 1.51. The van der Waals surface area contributed by atoms with Crippen LogP contribution in [0.2, 0.25) is 0 Å². The van der Waals surface area contributed by atoms with Crippen molar-refractivity contribution >= 4 is 23.1 Å². The molecule has 1 unspecified atom stereocenters. The van der Waals surface area contributed by atoms with Crippen LogP contribution >= 0.6 is 0 Å². The van der Waals surface area contributed by atoms with Crippen LogP contribution in [0.1, 0.15) is 12.8 Å². The van der Waals surface area contributed by atoms with E-state index in [1.165, 1.54) is 37.4 Å². The number of amides is 1. The van der Waals surface area contributed by atoms with Gasteiger partial charge < -0.3 is 15.0 Å². The van der Waals surface area contributed by atoms with Gasteiger partial charge in [0.1, 0.15) is 11.6 Å². The van der Waals surface area contributed by atoms with Crippen LogP contribution < -0.4 is 15.0 Å². The van der Waals surface area contributed by atoms with Gasteiger partial charge in [0.2, 0.25) is 5.91 Å². The molecular formula is C23H22FN5O4. The minimum atomic E-state index is -0.518. The monoisotopic (exact) mass is 451 g/mol. The maximum Gasteiger partial charge on any atom is 0.273 e. The number of non-ortho nitro benzene ring substituents is 1. The van der Waals surface area contributed by atoms with E-state index in [0.29, 0.717) is 30.2 Å². The third-order valence-corrected chi connectivity index (χ3v) is 5.56. The fourth-order valence-corrected chi connectivity index (χ4v) is 3.80. The molecule has 0 aliphatic carbocycles. The Hall–Kier alpha value is -4.08. The van der Waals surface area contributed by atoms with Crippen LogP contribution in [0, 0.1) is 21.8 Å². The van der Waals surface area contributed by atoms with E-state index in [2.05, 4.69) is 15.5 Å². The molecule has 1 amide bonds. The molecule has 1 N–H and O–H groups in total. The summed E-state index contributed by atoms with van der Waals surface area (Å²) in [5, 5.41) is 22.3. The van der Waals surface area contributed by atoms with Gasteiger partial charge in [-0.3, -0.25) is 14.9 Å². The Bertz CT molecular complexity index is 1150. The van der Waals surface area contributed by atoms with Crippen LogP contribution in [0.4, 0.5) is 21.6 Å². The van der Waals surface area contributed by atoms with Crippen molar-refractivity contribution < 1.29 is 18.8 Å². The summed E-state index contributed by atoms with van der Waals surface area (Å²) in [6, 6.07) is 13.8. The fraction of sp³-hybridized carbons (Fsp3) is 0.261. The highest BCUT2D eigenvalue weighted by Crippen LogP contribution is 2.30. The van der Waals surface area contributed by atoms with Crippen LogP contribution in [0.25, 0.3) is 11.3 Å². The van der Waals surface area contributed by atoms with Gasteiger partial charge in [0.25, 0.3) is 5.69 Å². The lowest BCUT2D eigenvalue weighted by Gasteiger charge is -2.32. The number of halogens is 1. The van der Waals surface area contributed by atoms with E-state index in [0.717, 1.165) is 18.5 Å². The topological polar surface area (TPSA) is 110 Å². The minimum Gasteiger partial charge on any atom is -0.494 e. The summed E-state index contributed by atoms with van der Waals surface area (Å²) >= 11 is 0. The minimum absolute atomic E-state index is 0.114. The highest BCUT2D eigenvalue weighted by Gasteiger charge is 2.27. The summed E-state index contributed by atoms with van der Waals surface area (Å²) in [4.78, 5) is 25.4. The van der Waals surface area contributed by atoms with Gasteiger partial charge in [0, 0.05) is 24.7 Å². The number of carbonyl (C=O) groups excluding carboxylic acids is 1. The van der Waals surface area contributed by atoms with Crippen molar-refractivity contribution in [3.05, 3.63) is 70.5 Å². The van der Waals surface area contributed by atoms with Gasteiger partial charge in [0.05, 0.1) is 35.4 Å². The molecule has 1 atom stereocenters. The number of ether oxygens (including phenoxy) is 1. The van der Waals surface area contributed by atoms with Gasteiger partial charge >= 0.3 is 0 Å². The molecule has 10 heteroatoms. The normalized spacial score (nSPS) is 15.7. The third kappa shape index (κ3) is 5.05. The Morgan fingerprint density at radius 3 is 2.64 bits per heavy atom. The lowest BCUT2D eigenvalue weighted by molar-refractivity contribution is -0.384. The molecule has 1 aliphatic heterocycles. The van der Waals surface area contributed by atoms with Crippen molar-refractivity contribution in [1.29, 1.82) is 0 Å². The molecule has 1 aliphatic rings. The molecule has 0 radical (unpaired) electrons. The van der Waals surface area contributed by atoms with E-state index in [1.807, 2.05) is 17.0 Å². The van der Waals surface area contributed by atoms with E-state index in [-0.39, 0.29) is 29.1 Å². The highest BCUT2D eigenvalue weighted by atomic mass is 19.1. The zero-order chi connectivity index (χ0) is 23.4. The van der Waals surface area contributed by atoms with Gasteiger partial charge in [0.15, 0.2) is 5.82 Å². The number of nitro benzene ring substituents is 1. The molecule has 0 bridgehead atoms. The second kappa shape index (κ2) is 9.60. The second-order valence-electron chi connectivity index (χ2n) is 7.70. The Morgan fingerprint density at radius 2 is 1.97 bits per heavy atom. The SMILES string of the molecule is COc1cc([N+](=O)[O-])ccc1NC(=O)C1CCCN(c2ccc(-c3ccc(F)cc3)nn2)C1. The molecule has 4 rings (SSSR count). The van der Waals surface area contributed by atoms with Crippen molar-refractivity contribution in [2.75, 3.05) is 30.4 Å². The van der Waals surface area contributed by atoms with Crippen molar-refractivity contribution in [2.45, 2.75) is 12.8 Å². The maximum atomic E-state index is 13.1. The Morgan fingerprint density at radius 1 is 1.18 bits per heavy atom. The number of aromatic nitrogens is 2. The first-order valence-electron chi connectivity index (χ1n) is 10.4. The number of methoxy groups -OCH3 is 1. The summed E-state index contributed by atoms with van der Waals surface area (Å²) in [5.41, 5.74) is 1.67. The van der Waals surface area contributed by atoms with Crippen LogP contribution in [0.15, 0.2) is 54.6 Å². The molecule has 33 heavy (non-hydrogen) atoms. The lowest BCUT2D eigenvalue weighted by atomic mass is 9.97. The zero-order valence-corrected chi connectivity index (χ0v) is 17.9. The van der Waals surface area contributed by atoms with Crippen molar-refractivity contribution in [1.82, 2.24) is 10.2 Å². The molecule has 170 valence electrons. The quantitative estimate of drug-likeness (QED) is 0.445. The molecule has 1 saturated heterocycles. The molecule has 1 fully saturated rings. The summed E-state index contributed by atoms with van der Waals surface area (Å²) in [7, 11) is 1.39. The van der Waals surface area contributed by atoms with E-state index in [9.17, 15) is 19.3 Å². The standard InChI is InChI=1S/C23H22FN5O4/c1-33-21-13-18(29(31)32)8-9-20(21)25-23(30)16-3-2-12-28(14-16)22-11-10-19(26-27-22)15-4-6-17(24)7-5-15/h4-11,13,16H,2-3,12,14H2,1H3,(H,25,30). The first-order chi connectivity index (χ1) is 15.9. The number of nitro groups is 1. The molecule has 2 aromatic carbocycles. The first-order valence-corrected chi connectivity index (χ1v) is 10.4. The molecular weight excluding hydrogens is 429 g/mol. The first kappa shape index (κ1) is 22.1. The Labute approximate surface area is 189 Å². The summed E-state index contributed by atoms with van der Waals surface area (Å²) in [6.45, 7) is 1.21. The number of nitrogens with zero attached hydrogens (tertiary/aromatic N) is 4. The molecule has 2 heterocycles.